The molecule has 0 N–H and O–H groups in total. The molecule has 0 fully saturated rings. The van der Waals surface area contributed by atoms with E-state index in [9.17, 15) is 18.9 Å². The predicted molar refractivity (Wildman–Crippen MR) is 51.7 cm³/mol. The molecule has 90 valence electrons. The van der Waals surface area contributed by atoms with Gasteiger partial charge in [0.25, 0.3) is 6.43 Å². The lowest BCUT2D eigenvalue weighted by molar-refractivity contribution is -0.389. The van der Waals surface area contributed by atoms with Crippen LogP contribution in [0.5, 0.6) is 5.88 Å². The van der Waals surface area contributed by atoms with Gasteiger partial charge >= 0.3 is 11.7 Å². The first-order valence-corrected chi connectivity index (χ1v) is 4.38. The number of alkyl halides is 2. The van der Waals surface area contributed by atoms with Crippen LogP contribution in [-0.4, -0.2) is 17.0 Å². The van der Waals surface area contributed by atoms with Crippen molar-refractivity contribution >= 4 is 5.82 Å². The second-order valence-electron chi connectivity index (χ2n) is 2.95. The lowest BCUT2D eigenvalue weighted by Gasteiger charge is -2.07. The van der Waals surface area contributed by atoms with Gasteiger partial charge in [-0.2, -0.15) is 5.26 Å². The molecule has 6 nitrogen and oxygen atoms in total. The van der Waals surface area contributed by atoms with Crippen molar-refractivity contribution in [3.63, 3.8) is 0 Å². The summed E-state index contributed by atoms with van der Waals surface area (Å²) < 4.78 is 30.1. The number of rotatable bonds is 4. The van der Waals surface area contributed by atoms with Crippen LogP contribution in [0.25, 0.3) is 0 Å². The van der Waals surface area contributed by atoms with Crippen LogP contribution in [0.15, 0.2) is 6.07 Å². The monoisotopic (exact) mass is 243 g/mol. The first-order valence-electron chi connectivity index (χ1n) is 4.38. The fraction of sp³-hybridized carbons (Fsp3) is 0.333. The van der Waals surface area contributed by atoms with Crippen LogP contribution in [0, 0.1) is 21.4 Å². The topological polar surface area (TPSA) is 89.1 Å². The number of hydrogen-bond donors (Lipinski definition) is 0. The van der Waals surface area contributed by atoms with Gasteiger partial charge in [-0.3, -0.25) is 0 Å². The fourth-order valence-corrected chi connectivity index (χ4v) is 1.27. The number of nitriles is 1. The Morgan fingerprint density at radius 3 is 2.76 bits per heavy atom. The van der Waals surface area contributed by atoms with Gasteiger partial charge in [-0.1, -0.05) is 0 Å². The number of aromatic nitrogens is 1. The third kappa shape index (κ3) is 2.63. The Morgan fingerprint density at radius 2 is 2.35 bits per heavy atom. The lowest BCUT2D eigenvalue weighted by atomic mass is 10.1. The summed E-state index contributed by atoms with van der Waals surface area (Å²) in [6, 6.07) is 2.33. The summed E-state index contributed by atoms with van der Waals surface area (Å²) in [7, 11) is 1.14. The highest BCUT2D eigenvalue weighted by atomic mass is 19.3. The number of hydrogen-bond acceptors (Lipinski definition) is 5. The van der Waals surface area contributed by atoms with Crippen molar-refractivity contribution in [3.05, 3.63) is 27.3 Å². The van der Waals surface area contributed by atoms with Crippen molar-refractivity contribution < 1.29 is 18.4 Å². The Balaban J connectivity index is 3.46. The number of nitro groups is 1. The van der Waals surface area contributed by atoms with Gasteiger partial charge in [0, 0.05) is 16.6 Å². The van der Waals surface area contributed by atoms with Gasteiger partial charge in [0.05, 0.1) is 25.2 Å². The zero-order chi connectivity index (χ0) is 13.0. The molecule has 0 aliphatic rings. The van der Waals surface area contributed by atoms with E-state index in [4.69, 9.17) is 5.26 Å². The third-order valence-corrected chi connectivity index (χ3v) is 1.98. The smallest absolute Gasteiger partial charge is 0.368 e. The maximum atomic E-state index is 12.7. The van der Waals surface area contributed by atoms with Crippen LogP contribution in [0.1, 0.15) is 17.6 Å². The van der Waals surface area contributed by atoms with Gasteiger partial charge in [0.1, 0.15) is 0 Å². The molecular weight excluding hydrogens is 236 g/mol. The summed E-state index contributed by atoms with van der Waals surface area (Å²) >= 11 is 0. The van der Waals surface area contributed by atoms with E-state index >= 15 is 0 Å². The maximum absolute atomic E-state index is 12.7. The summed E-state index contributed by atoms with van der Waals surface area (Å²) in [5, 5.41) is 19.0. The molecule has 8 heteroatoms. The molecule has 0 atom stereocenters. The summed E-state index contributed by atoms with van der Waals surface area (Å²) in [6.45, 7) is 0. The Labute approximate surface area is 94.6 Å². The second-order valence-corrected chi connectivity index (χ2v) is 2.95. The van der Waals surface area contributed by atoms with Crippen LogP contribution >= 0.6 is 0 Å². The third-order valence-electron chi connectivity index (χ3n) is 1.98. The predicted octanol–water partition coefficient (Wildman–Crippen LogP) is 2.00. The van der Waals surface area contributed by atoms with Crippen molar-refractivity contribution in [2.45, 2.75) is 12.8 Å². The first kappa shape index (κ1) is 12.8. The minimum Gasteiger partial charge on any atom is -0.463 e. The van der Waals surface area contributed by atoms with E-state index in [1.807, 2.05) is 0 Å². The largest absolute Gasteiger partial charge is 0.463 e. The molecule has 0 bridgehead atoms. The number of halogens is 2. The van der Waals surface area contributed by atoms with Gasteiger partial charge in [0.2, 0.25) is 0 Å². The molecule has 0 saturated carbocycles. The molecule has 0 spiro atoms. The van der Waals surface area contributed by atoms with Gasteiger partial charge in [0.15, 0.2) is 0 Å². The van der Waals surface area contributed by atoms with Crippen molar-refractivity contribution in [2.24, 2.45) is 0 Å². The standard InChI is InChI=1S/C9H7F2N3O3/c1-17-9-5(2-3-12)6(8(10)11)4-7(13-9)14(15)16/h4,8H,2H2,1H3. The molecule has 1 aromatic heterocycles. The van der Waals surface area contributed by atoms with E-state index in [1.54, 1.807) is 6.07 Å². The number of nitrogens with zero attached hydrogens (tertiary/aromatic N) is 3. The first-order chi connectivity index (χ1) is 8.01. The molecule has 0 radical (unpaired) electrons. The van der Waals surface area contributed by atoms with Crippen molar-refractivity contribution in [1.82, 2.24) is 4.98 Å². The minimum atomic E-state index is -2.94. The molecule has 1 heterocycles. The summed E-state index contributed by atoms with van der Waals surface area (Å²) in [4.78, 5) is 13.0. The van der Waals surface area contributed by atoms with Crippen LogP contribution in [0.2, 0.25) is 0 Å². The summed E-state index contributed by atoms with van der Waals surface area (Å²) in [5.74, 6) is -1.06. The number of ether oxygens (including phenoxy) is 1. The lowest BCUT2D eigenvalue weighted by Crippen LogP contribution is -2.04. The molecule has 17 heavy (non-hydrogen) atoms. The maximum Gasteiger partial charge on any atom is 0.368 e. The molecule has 0 amide bonds. The van der Waals surface area contributed by atoms with Crippen molar-refractivity contribution in [2.75, 3.05) is 7.11 Å². The van der Waals surface area contributed by atoms with E-state index in [2.05, 4.69) is 9.72 Å². The average molecular weight is 243 g/mol. The Kier molecular flexibility index (Phi) is 3.87. The van der Waals surface area contributed by atoms with E-state index in [1.165, 1.54) is 0 Å². The Bertz CT molecular complexity index is 485. The van der Waals surface area contributed by atoms with Crippen LogP contribution in [0.4, 0.5) is 14.6 Å². The van der Waals surface area contributed by atoms with E-state index < -0.39 is 22.7 Å². The van der Waals surface area contributed by atoms with Gasteiger partial charge in [-0.05, 0) is 4.92 Å². The van der Waals surface area contributed by atoms with Gasteiger partial charge in [-0.25, -0.2) is 8.78 Å². The quantitative estimate of drug-likeness (QED) is 0.596. The summed E-state index contributed by atoms with van der Waals surface area (Å²) in [6.07, 6.45) is -3.29. The molecule has 1 aromatic rings. The molecule has 0 saturated heterocycles. The van der Waals surface area contributed by atoms with Gasteiger partial charge < -0.3 is 14.9 Å². The van der Waals surface area contributed by atoms with Gasteiger partial charge in [-0.15, -0.1) is 0 Å². The summed E-state index contributed by atoms with van der Waals surface area (Å²) in [5.41, 5.74) is -0.735. The minimum absolute atomic E-state index is 0.129. The highest BCUT2D eigenvalue weighted by molar-refractivity contribution is 5.43. The second kappa shape index (κ2) is 5.16. The fourth-order valence-electron chi connectivity index (χ4n) is 1.27. The molecule has 0 aliphatic carbocycles. The van der Waals surface area contributed by atoms with Crippen LogP contribution in [0.3, 0.4) is 0 Å². The molecular formula is C9H7F2N3O3. The Morgan fingerprint density at radius 1 is 1.71 bits per heavy atom. The highest BCUT2D eigenvalue weighted by Gasteiger charge is 2.25. The number of methoxy groups -OCH3 is 1. The van der Waals surface area contributed by atoms with E-state index in [0.717, 1.165) is 7.11 Å². The van der Waals surface area contributed by atoms with Crippen molar-refractivity contribution in [3.8, 4) is 11.9 Å². The van der Waals surface area contributed by atoms with E-state index in [0.29, 0.717) is 6.07 Å². The van der Waals surface area contributed by atoms with Crippen LogP contribution < -0.4 is 4.74 Å². The zero-order valence-electron chi connectivity index (χ0n) is 8.68. The molecule has 0 aliphatic heterocycles. The number of pyridine rings is 1. The average Bonchev–Trinajstić information content (AvgIpc) is 2.28. The van der Waals surface area contributed by atoms with E-state index in [-0.39, 0.29) is 17.9 Å². The van der Waals surface area contributed by atoms with Crippen molar-refractivity contribution in [1.29, 1.82) is 5.26 Å². The normalized spacial score (nSPS) is 10.1. The van der Waals surface area contributed by atoms with Crippen LogP contribution in [-0.2, 0) is 6.42 Å². The Hall–Kier alpha value is -2.30. The SMILES string of the molecule is COc1nc([N+](=O)[O-])cc(C(F)F)c1CC#N. The highest BCUT2D eigenvalue weighted by Crippen LogP contribution is 2.31. The molecule has 0 unspecified atom stereocenters. The zero-order valence-corrected chi connectivity index (χ0v) is 8.68. The molecule has 0 aromatic carbocycles. The molecule has 1 rings (SSSR count).